The first-order chi connectivity index (χ1) is 17.3. The van der Waals surface area contributed by atoms with Crippen molar-refractivity contribution < 1.29 is 35.5 Å². The van der Waals surface area contributed by atoms with Crippen LogP contribution in [0.15, 0.2) is 53.4 Å². The molecule has 1 aliphatic rings. The van der Waals surface area contributed by atoms with Crippen LogP contribution < -0.4 is 4.74 Å². The molecule has 1 amide bonds. The van der Waals surface area contributed by atoms with E-state index in [2.05, 4.69) is 0 Å². The zero-order chi connectivity index (χ0) is 27.1. The number of aryl methyl sites for hydroxylation is 1. The molecule has 37 heavy (non-hydrogen) atoms. The van der Waals surface area contributed by atoms with E-state index in [1.165, 1.54) is 24.0 Å². The highest BCUT2D eigenvalue weighted by Crippen LogP contribution is 2.36. The average Bonchev–Trinajstić information content (AvgIpc) is 3.04. The maximum absolute atomic E-state index is 15.0. The summed E-state index contributed by atoms with van der Waals surface area (Å²) in [6.07, 6.45) is -3.48. The normalized spacial score (nSPS) is 14.1. The molecule has 1 aliphatic heterocycles. The Hall–Kier alpha value is -3.40. The molecule has 0 bridgehead atoms. The summed E-state index contributed by atoms with van der Waals surface area (Å²) in [5.74, 6) is -0.937. The van der Waals surface area contributed by atoms with Gasteiger partial charge in [0, 0.05) is 29.5 Å². The fourth-order valence-electron chi connectivity index (χ4n) is 4.46. The topological polar surface area (TPSA) is 63.7 Å². The van der Waals surface area contributed by atoms with Crippen LogP contribution in [-0.2, 0) is 29.0 Å². The number of hydrogen-bond donors (Lipinski definition) is 0. The van der Waals surface area contributed by atoms with Gasteiger partial charge in [-0.05, 0) is 60.4 Å². The van der Waals surface area contributed by atoms with Crippen LogP contribution in [0.3, 0.4) is 0 Å². The van der Waals surface area contributed by atoms with E-state index in [1.807, 2.05) is 0 Å². The van der Waals surface area contributed by atoms with Gasteiger partial charge in [-0.2, -0.15) is 13.2 Å². The minimum atomic E-state index is -4.49. The molecular weight excluding hydrogens is 510 g/mol. The first kappa shape index (κ1) is 26.7. The monoisotopic (exact) mass is 535 g/mol. The number of rotatable bonds is 4. The Morgan fingerprint density at radius 2 is 1.73 bits per heavy atom. The summed E-state index contributed by atoms with van der Waals surface area (Å²) in [5, 5.41) is 0. The third kappa shape index (κ3) is 5.34. The van der Waals surface area contributed by atoms with Crippen LogP contribution in [0.2, 0.25) is 0 Å². The van der Waals surface area contributed by atoms with Gasteiger partial charge in [0.1, 0.15) is 23.1 Å². The van der Waals surface area contributed by atoms with Gasteiger partial charge in [0.05, 0.1) is 12.1 Å². The van der Waals surface area contributed by atoms with Crippen LogP contribution in [0.1, 0.15) is 39.5 Å². The average molecular weight is 536 g/mol. The van der Waals surface area contributed by atoms with Gasteiger partial charge in [-0.25, -0.2) is 12.8 Å². The number of halogens is 4. The maximum Gasteiger partial charge on any atom is 0.416 e. The van der Waals surface area contributed by atoms with Crippen molar-refractivity contribution in [3.05, 3.63) is 82.2 Å². The van der Waals surface area contributed by atoms with Crippen LogP contribution in [0, 0.1) is 12.7 Å². The van der Waals surface area contributed by atoms with E-state index >= 15 is 4.39 Å². The number of carbonyl (C=O) groups excluding carboxylic acids is 1. The number of ether oxygens (including phenoxy) is 1. The first-order valence-electron chi connectivity index (χ1n) is 11.6. The molecule has 0 saturated carbocycles. The van der Waals surface area contributed by atoms with Crippen LogP contribution in [0.5, 0.6) is 5.75 Å². The molecule has 196 valence electrons. The standard InChI is InChI=1S/C27H25F4NO4S/c1-4-20-21(8-10-24(25(20)28)37(3,34)35)26(33)32-11-12-36-23-9-7-17(13-19(23)15-32)18-6-5-16(2)22(14-18)27(29,30)31/h5-10,13-14H,4,11-12,15H2,1-3H3. The van der Waals surface area contributed by atoms with Gasteiger partial charge in [-0.3, -0.25) is 4.79 Å². The summed E-state index contributed by atoms with van der Waals surface area (Å²) in [4.78, 5) is 14.4. The summed E-state index contributed by atoms with van der Waals surface area (Å²) < 4.78 is 84.9. The second-order valence-electron chi connectivity index (χ2n) is 8.95. The SMILES string of the molecule is CCc1c(C(=O)N2CCOc3ccc(-c4ccc(C)c(C(F)(F)F)c4)cc3C2)ccc(S(C)(=O)=O)c1F. The van der Waals surface area contributed by atoms with Gasteiger partial charge in [0.15, 0.2) is 9.84 Å². The van der Waals surface area contributed by atoms with Gasteiger partial charge in [0.2, 0.25) is 0 Å². The quantitative estimate of drug-likeness (QED) is 0.395. The molecule has 3 aromatic carbocycles. The minimum absolute atomic E-state index is 0.00593. The molecule has 1 heterocycles. The van der Waals surface area contributed by atoms with Crippen molar-refractivity contribution >= 4 is 15.7 Å². The van der Waals surface area contributed by atoms with E-state index < -0.39 is 38.2 Å². The summed E-state index contributed by atoms with van der Waals surface area (Å²) >= 11 is 0. The number of nitrogens with zero attached hydrogens (tertiary/aromatic N) is 1. The third-order valence-electron chi connectivity index (χ3n) is 6.40. The number of sulfone groups is 1. The number of carbonyl (C=O) groups is 1. The number of hydrogen-bond acceptors (Lipinski definition) is 4. The van der Waals surface area contributed by atoms with Crippen molar-refractivity contribution in [1.29, 1.82) is 0 Å². The molecule has 0 unspecified atom stereocenters. The van der Waals surface area contributed by atoms with Crippen molar-refractivity contribution in [1.82, 2.24) is 4.90 Å². The summed E-state index contributed by atoms with van der Waals surface area (Å²) in [5.41, 5.74) is 0.941. The predicted octanol–water partition coefficient (Wildman–Crippen LogP) is 5.82. The Morgan fingerprint density at radius 1 is 1.05 bits per heavy atom. The lowest BCUT2D eigenvalue weighted by Gasteiger charge is -2.22. The van der Waals surface area contributed by atoms with E-state index in [1.54, 1.807) is 31.2 Å². The Kier molecular flexibility index (Phi) is 7.07. The zero-order valence-corrected chi connectivity index (χ0v) is 21.3. The minimum Gasteiger partial charge on any atom is -0.491 e. The van der Waals surface area contributed by atoms with Gasteiger partial charge < -0.3 is 9.64 Å². The van der Waals surface area contributed by atoms with Crippen molar-refractivity contribution in [2.75, 3.05) is 19.4 Å². The van der Waals surface area contributed by atoms with E-state index in [-0.39, 0.29) is 42.8 Å². The van der Waals surface area contributed by atoms with Crippen molar-refractivity contribution in [3.8, 4) is 16.9 Å². The fourth-order valence-corrected chi connectivity index (χ4v) is 5.22. The molecule has 10 heteroatoms. The molecule has 5 nitrogen and oxygen atoms in total. The predicted molar refractivity (Wildman–Crippen MR) is 131 cm³/mol. The summed E-state index contributed by atoms with van der Waals surface area (Å²) in [6, 6.07) is 11.5. The van der Waals surface area contributed by atoms with Crippen molar-refractivity contribution in [3.63, 3.8) is 0 Å². The molecule has 0 N–H and O–H groups in total. The Bertz CT molecular complexity index is 1480. The van der Waals surface area contributed by atoms with E-state index in [0.29, 0.717) is 22.4 Å². The molecule has 0 saturated heterocycles. The van der Waals surface area contributed by atoms with Gasteiger partial charge in [0.25, 0.3) is 5.91 Å². The molecule has 0 atom stereocenters. The Morgan fingerprint density at radius 3 is 2.38 bits per heavy atom. The highest BCUT2D eigenvalue weighted by atomic mass is 32.2. The van der Waals surface area contributed by atoms with Crippen LogP contribution >= 0.6 is 0 Å². The lowest BCUT2D eigenvalue weighted by Crippen LogP contribution is -2.33. The van der Waals surface area contributed by atoms with Gasteiger partial charge in [-0.15, -0.1) is 0 Å². The molecule has 3 aromatic rings. The van der Waals surface area contributed by atoms with Crippen LogP contribution in [0.4, 0.5) is 17.6 Å². The largest absolute Gasteiger partial charge is 0.491 e. The zero-order valence-electron chi connectivity index (χ0n) is 20.4. The highest BCUT2D eigenvalue weighted by molar-refractivity contribution is 7.90. The molecular formula is C27H25F4NO4S. The molecule has 0 aromatic heterocycles. The summed E-state index contributed by atoms with van der Waals surface area (Å²) in [6.45, 7) is 3.46. The Balaban J connectivity index is 1.70. The molecule has 0 aliphatic carbocycles. The Labute approximate surface area is 212 Å². The second kappa shape index (κ2) is 9.81. The van der Waals surface area contributed by atoms with E-state index in [4.69, 9.17) is 4.74 Å². The fraction of sp³-hybridized carbons (Fsp3) is 0.296. The third-order valence-corrected chi connectivity index (χ3v) is 7.51. The van der Waals surface area contributed by atoms with E-state index in [9.17, 15) is 26.4 Å². The van der Waals surface area contributed by atoms with E-state index in [0.717, 1.165) is 18.4 Å². The number of amides is 1. The molecule has 0 fully saturated rings. The molecule has 4 rings (SSSR count). The smallest absolute Gasteiger partial charge is 0.416 e. The van der Waals surface area contributed by atoms with Gasteiger partial charge in [-0.1, -0.05) is 25.1 Å². The van der Waals surface area contributed by atoms with Crippen LogP contribution in [0.25, 0.3) is 11.1 Å². The lowest BCUT2D eigenvalue weighted by atomic mass is 9.97. The number of benzene rings is 3. The summed E-state index contributed by atoms with van der Waals surface area (Å²) in [7, 11) is -3.82. The van der Waals surface area contributed by atoms with Crippen LogP contribution in [-0.4, -0.2) is 38.6 Å². The van der Waals surface area contributed by atoms with Gasteiger partial charge >= 0.3 is 6.18 Å². The maximum atomic E-state index is 15.0. The first-order valence-corrected chi connectivity index (χ1v) is 13.4. The highest BCUT2D eigenvalue weighted by Gasteiger charge is 2.33. The number of alkyl halides is 3. The van der Waals surface area contributed by atoms with Crippen molar-refractivity contribution in [2.24, 2.45) is 0 Å². The lowest BCUT2D eigenvalue weighted by molar-refractivity contribution is -0.138. The van der Waals surface area contributed by atoms with Crippen molar-refractivity contribution in [2.45, 2.75) is 37.9 Å². The molecule has 0 radical (unpaired) electrons. The second-order valence-corrected chi connectivity index (χ2v) is 10.9. The molecule has 0 spiro atoms. The number of fused-ring (bicyclic) bond motifs is 1.